The maximum absolute atomic E-state index is 12.7. The summed E-state index contributed by atoms with van der Waals surface area (Å²) in [4.78, 5) is 11.2. The van der Waals surface area contributed by atoms with Crippen molar-refractivity contribution in [1.82, 2.24) is 19.8 Å². The van der Waals surface area contributed by atoms with E-state index in [0.29, 0.717) is 0 Å². The van der Waals surface area contributed by atoms with Crippen LogP contribution in [0.25, 0.3) is 5.65 Å². The van der Waals surface area contributed by atoms with Gasteiger partial charge in [-0.1, -0.05) is 0 Å². The molecule has 0 spiro atoms. The number of aromatic amines is 1. The van der Waals surface area contributed by atoms with Gasteiger partial charge in [-0.3, -0.25) is 0 Å². The number of aromatic nitrogens is 4. The van der Waals surface area contributed by atoms with Gasteiger partial charge in [0.2, 0.25) is 0 Å². The van der Waals surface area contributed by atoms with Crippen LogP contribution in [0, 0.1) is 0 Å². The van der Waals surface area contributed by atoms with Crippen LogP contribution in [0.3, 0.4) is 0 Å². The molecule has 0 aromatic carbocycles. The zero-order valence-electron chi connectivity index (χ0n) is 8.52. The summed E-state index contributed by atoms with van der Waals surface area (Å²) in [5.74, 6) is -3.15. The number of nitrogens with one attached hydrogen (secondary N) is 2. The van der Waals surface area contributed by atoms with Gasteiger partial charge in [0.15, 0.2) is 5.65 Å². The van der Waals surface area contributed by atoms with Crippen molar-refractivity contribution in [1.29, 1.82) is 0 Å². The molecular formula is C8H9F2N5O2. The monoisotopic (exact) mass is 245 g/mol. The average molecular weight is 245 g/mol. The number of alkyl halides is 2. The first-order valence-corrected chi connectivity index (χ1v) is 4.69. The van der Waals surface area contributed by atoms with E-state index in [2.05, 4.69) is 20.6 Å². The van der Waals surface area contributed by atoms with E-state index in [9.17, 15) is 13.6 Å². The molecule has 0 unspecified atom stereocenters. The predicted octanol–water partition coefficient (Wildman–Crippen LogP) is -0.543. The van der Waals surface area contributed by atoms with Gasteiger partial charge in [0, 0.05) is 0 Å². The molecule has 0 bridgehead atoms. The zero-order valence-corrected chi connectivity index (χ0v) is 8.52. The fraction of sp³-hybridized carbons (Fsp3) is 0.375. The highest BCUT2D eigenvalue weighted by molar-refractivity contribution is 5.43. The smallest absolute Gasteiger partial charge is 0.364 e. The molecule has 2 aromatic rings. The summed E-state index contributed by atoms with van der Waals surface area (Å²) in [6.45, 7) is -2.03. The van der Waals surface area contributed by atoms with Crippen LogP contribution in [0.4, 0.5) is 14.6 Å². The second-order valence-electron chi connectivity index (χ2n) is 3.38. The third kappa shape index (κ3) is 2.38. The number of hydrogen-bond donors (Lipinski definition) is 3. The Morgan fingerprint density at radius 3 is 3.00 bits per heavy atom. The molecule has 0 saturated carbocycles. The van der Waals surface area contributed by atoms with Crippen molar-refractivity contribution in [2.45, 2.75) is 5.92 Å². The molecule has 2 heterocycles. The van der Waals surface area contributed by atoms with Gasteiger partial charge in [-0.15, -0.1) is 5.10 Å². The van der Waals surface area contributed by atoms with Crippen molar-refractivity contribution in [3.8, 4) is 0 Å². The molecule has 7 nitrogen and oxygen atoms in total. The van der Waals surface area contributed by atoms with Gasteiger partial charge in [-0.2, -0.15) is 9.61 Å². The molecule has 17 heavy (non-hydrogen) atoms. The number of rotatable bonds is 4. The van der Waals surface area contributed by atoms with Crippen LogP contribution in [0.15, 0.2) is 16.9 Å². The van der Waals surface area contributed by atoms with E-state index in [-0.39, 0.29) is 11.5 Å². The number of anilines is 1. The van der Waals surface area contributed by atoms with E-state index in [4.69, 9.17) is 5.11 Å². The molecule has 2 aromatic heterocycles. The highest BCUT2D eigenvalue weighted by Crippen LogP contribution is 2.13. The van der Waals surface area contributed by atoms with E-state index >= 15 is 0 Å². The third-order valence-corrected chi connectivity index (χ3v) is 2.03. The Morgan fingerprint density at radius 1 is 1.53 bits per heavy atom. The molecule has 0 saturated heterocycles. The number of fused-ring (bicyclic) bond motifs is 1. The van der Waals surface area contributed by atoms with Crippen LogP contribution in [-0.4, -0.2) is 44.0 Å². The third-order valence-electron chi connectivity index (χ3n) is 2.03. The largest absolute Gasteiger partial charge is 0.390 e. The lowest BCUT2D eigenvalue weighted by atomic mass is 10.3. The fourth-order valence-corrected chi connectivity index (χ4v) is 1.17. The summed E-state index contributed by atoms with van der Waals surface area (Å²) in [5, 5.41) is 20.3. The minimum absolute atomic E-state index is 0.0918. The van der Waals surface area contributed by atoms with Gasteiger partial charge >= 0.3 is 5.69 Å². The maximum Gasteiger partial charge on any atom is 0.364 e. The molecular weight excluding hydrogens is 236 g/mol. The van der Waals surface area contributed by atoms with E-state index in [1.165, 1.54) is 12.1 Å². The van der Waals surface area contributed by atoms with Crippen LogP contribution < -0.4 is 11.0 Å². The molecule has 0 amide bonds. The van der Waals surface area contributed by atoms with Crippen molar-refractivity contribution in [2.24, 2.45) is 0 Å². The lowest BCUT2D eigenvalue weighted by Gasteiger charge is -2.13. The summed E-state index contributed by atoms with van der Waals surface area (Å²) >= 11 is 0. The topological polar surface area (TPSA) is 95.3 Å². The lowest BCUT2D eigenvalue weighted by Crippen LogP contribution is -2.31. The van der Waals surface area contributed by atoms with Gasteiger partial charge in [-0.25, -0.2) is 18.7 Å². The molecule has 9 heteroatoms. The van der Waals surface area contributed by atoms with Gasteiger partial charge in [-0.05, 0) is 12.1 Å². The van der Waals surface area contributed by atoms with Crippen molar-refractivity contribution >= 4 is 11.5 Å². The van der Waals surface area contributed by atoms with Crippen LogP contribution in [0.5, 0.6) is 0 Å². The first-order chi connectivity index (χ1) is 8.02. The van der Waals surface area contributed by atoms with E-state index < -0.39 is 24.8 Å². The average Bonchev–Trinajstić information content (AvgIpc) is 2.69. The summed E-state index contributed by atoms with van der Waals surface area (Å²) < 4.78 is 26.4. The molecule has 0 aliphatic heterocycles. The molecule has 3 N–H and O–H groups in total. The zero-order chi connectivity index (χ0) is 12.5. The summed E-state index contributed by atoms with van der Waals surface area (Å²) in [5.41, 5.74) is -0.271. The number of nitrogens with zero attached hydrogens (tertiary/aromatic N) is 3. The van der Waals surface area contributed by atoms with E-state index in [0.717, 1.165) is 4.52 Å². The first-order valence-electron chi connectivity index (χ1n) is 4.69. The minimum Gasteiger partial charge on any atom is -0.390 e. The molecule has 0 radical (unpaired) electrons. The molecule has 0 atom stereocenters. The van der Waals surface area contributed by atoms with Crippen LogP contribution in [-0.2, 0) is 0 Å². The number of halogens is 2. The summed E-state index contributed by atoms with van der Waals surface area (Å²) in [7, 11) is 0. The van der Waals surface area contributed by atoms with Gasteiger partial charge < -0.3 is 10.4 Å². The summed E-state index contributed by atoms with van der Waals surface area (Å²) in [6, 6.07) is 2.85. The molecule has 2 rings (SSSR count). The van der Waals surface area contributed by atoms with Crippen molar-refractivity contribution < 1.29 is 13.9 Å². The van der Waals surface area contributed by atoms with Crippen molar-refractivity contribution in [2.75, 3.05) is 18.5 Å². The van der Waals surface area contributed by atoms with Gasteiger partial charge in [0.1, 0.15) is 12.4 Å². The Morgan fingerprint density at radius 2 is 2.29 bits per heavy atom. The second-order valence-corrected chi connectivity index (χ2v) is 3.38. The normalized spacial score (nSPS) is 11.9. The fourth-order valence-electron chi connectivity index (χ4n) is 1.17. The van der Waals surface area contributed by atoms with Gasteiger partial charge in [0.25, 0.3) is 5.92 Å². The first kappa shape index (κ1) is 11.5. The van der Waals surface area contributed by atoms with Crippen LogP contribution in [0.1, 0.15) is 0 Å². The van der Waals surface area contributed by atoms with Gasteiger partial charge in [0.05, 0.1) is 6.54 Å². The van der Waals surface area contributed by atoms with E-state index in [1.807, 2.05) is 0 Å². The quantitative estimate of drug-likeness (QED) is 0.672. The van der Waals surface area contributed by atoms with E-state index in [1.54, 1.807) is 0 Å². The van der Waals surface area contributed by atoms with Crippen LogP contribution in [0.2, 0.25) is 0 Å². The Balaban J connectivity index is 2.19. The van der Waals surface area contributed by atoms with Crippen LogP contribution >= 0.6 is 0 Å². The number of hydrogen-bond acceptors (Lipinski definition) is 5. The Labute approximate surface area is 93.1 Å². The molecule has 0 aliphatic carbocycles. The van der Waals surface area contributed by atoms with Crippen molar-refractivity contribution in [3.63, 3.8) is 0 Å². The maximum atomic E-state index is 12.7. The molecule has 0 fully saturated rings. The highest BCUT2D eigenvalue weighted by atomic mass is 19.3. The van der Waals surface area contributed by atoms with Crippen molar-refractivity contribution in [3.05, 3.63) is 22.6 Å². The number of H-pyrrole nitrogens is 1. The number of aliphatic hydroxyl groups excluding tert-OH is 1. The molecule has 92 valence electrons. The SMILES string of the molecule is O=c1[nH]nc2ccc(NCC(F)(F)CO)nn12. The second kappa shape index (κ2) is 4.09. The Bertz CT molecular complexity index is 579. The minimum atomic E-state index is -3.24. The predicted molar refractivity (Wildman–Crippen MR) is 54.1 cm³/mol. The Kier molecular flexibility index (Phi) is 2.76. The number of aliphatic hydroxyl groups is 1. The lowest BCUT2D eigenvalue weighted by molar-refractivity contribution is -0.0373. The molecule has 0 aliphatic rings. The Hall–Kier alpha value is -2.03. The highest BCUT2D eigenvalue weighted by Gasteiger charge is 2.27. The standard InChI is InChI=1S/C8H9F2N5O2/c9-8(10,4-16)3-11-5-1-2-6-12-13-7(17)15(6)14-5/h1-2,16H,3-4H2,(H,11,14)(H,13,17). The summed E-state index contributed by atoms with van der Waals surface area (Å²) in [6.07, 6.45) is 0.